The van der Waals surface area contributed by atoms with Crippen LogP contribution in [0.15, 0.2) is 23.8 Å². The van der Waals surface area contributed by atoms with Gasteiger partial charge >= 0.3 is 0 Å². The van der Waals surface area contributed by atoms with Gasteiger partial charge in [-0.25, -0.2) is 0 Å². The number of thioether (sulfide) groups is 2. The van der Waals surface area contributed by atoms with Crippen LogP contribution in [0.4, 0.5) is 0 Å². The molecule has 5 aliphatic rings. The van der Waals surface area contributed by atoms with E-state index in [1.165, 1.54) is 49.2 Å². The average molecular weight is 377 g/mol. The highest BCUT2D eigenvalue weighted by Crippen LogP contribution is 2.65. The molecule has 1 spiro atoms. The molecular formula is C22H32OS2. The van der Waals surface area contributed by atoms with Gasteiger partial charge < -0.3 is 5.11 Å². The Balaban J connectivity index is 1.47. The molecule has 0 bridgehead atoms. The molecule has 1 saturated heterocycles. The molecule has 0 radical (unpaired) electrons. The molecule has 1 unspecified atom stereocenters. The summed E-state index contributed by atoms with van der Waals surface area (Å²) in [5, 5.41) is 10.8. The number of hydrogen-bond donors (Lipinski definition) is 1. The van der Waals surface area contributed by atoms with Crippen LogP contribution in [0.2, 0.25) is 0 Å². The zero-order valence-electron chi connectivity index (χ0n) is 15.5. The van der Waals surface area contributed by atoms with Crippen LogP contribution in [0, 0.1) is 29.1 Å². The predicted molar refractivity (Wildman–Crippen MR) is 110 cm³/mol. The van der Waals surface area contributed by atoms with E-state index in [0.29, 0.717) is 10.00 Å². The van der Waals surface area contributed by atoms with Gasteiger partial charge in [0.05, 0.1) is 10.2 Å². The molecule has 3 heteroatoms. The minimum absolute atomic E-state index is 0.0851. The lowest BCUT2D eigenvalue weighted by atomic mass is 9.50. The summed E-state index contributed by atoms with van der Waals surface area (Å²) >= 11 is 4.40. The third-order valence-corrected chi connectivity index (χ3v) is 11.9. The summed E-state index contributed by atoms with van der Waals surface area (Å²) in [6, 6.07) is 0. The third kappa shape index (κ3) is 2.41. The Kier molecular flexibility index (Phi) is 4.19. The second-order valence-corrected chi connectivity index (χ2v) is 12.3. The topological polar surface area (TPSA) is 20.2 Å². The van der Waals surface area contributed by atoms with Gasteiger partial charge in [0.1, 0.15) is 0 Å². The van der Waals surface area contributed by atoms with Crippen LogP contribution in [-0.2, 0) is 0 Å². The van der Waals surface area contributed by atoms with Crippen LogP contribution < -0.4 is 0 Å². The fourth-order valence-corrected chi connectivity index (χ4v) is 10.6. The van der Waals surface area contributed by atoms with Gasteiger partial charge in [-0.3, -0.25) is 0 Å². The van der Waals surface area contributed by atoms with Crippen molar-refractivity contribution in [2.24, 2.45) is 29.1 Å². The van der Waals surface area contributed by atoms with Crippen molar-refractivity contribution in [2.45, 2.75) is 68.5 Å². The van der Waals surface area contributed by atoms with Gasteiger partial charge in [-0.05, 0) is 75.0 Å². The Morgan fingerprint density at radius 1 is 1.20 bits per heavy atom. The first-order valence-electron chi connectivity index (χ1n) is 10.4. The molecule has 138 valence electrons. The van der Waals surface area contributed by atoms with Gasteiger partial charge in [-0.2, -0.15) is 0 Å². The highest BCUT2D eigenvalue weighted by atomic mass is 32.2. The third-order valence-electron chi connectivity index (χ3n) is 8.48. The number of fused-ring (bicyclic) bond motifs is 5. The Morgan fingerprint density at radius 2 is 2.00 bits per heavy atom. The standard InChI is InChI=1S/C22H32OS2/c1-3-21-12-14(2)20-16-8-9-22(24-10-11-25-22)13-15(16)4-5-17(20)18(21)6-7-19(21)23/h13,16-20,23H,2-12H2,1H3/t16?,17-,18-,19-,20+,21-/m0/s1. The zero-order valence-corrected chi connectivity index (χ0v) is 17.1. The summed E-state index contributed by atoms with van der Waals surface area (Å²) in [5.41, 5.74) is 3.42. The van der Waals surface area contributed by atoms with Gasteiger partial charge in [-0.15, -0.1) is 23.5 Å². The van der Waals surface area contributed by atoms with Gasteiger partial charge in [-0.1, -0.05) is 30.7 Å². The maximum atomic E-state index is 10.8. The van der Waals surface area contributed by atoms with Crippen LogP contribution in [-0.4, -0.2) is 26.8 Å². The molecular weight excluding hydrogens is 344 g/mol. The number of hydrogen-bond acceptors (Lipinski definition) is 3. The lowest BCUT2D eigenvalue weighted by Gasteiger charge is -2.56. The average Bonchev–Trinajstić information content (AvgIpc) is 3.20. The van der Waals surface area contributed by atoms with E-state index in [4.69, 9.17) is 0 Å². The van der Waals surface area contributed by atoms with E-state index >= 15 is 0 Å². The molecule has 5 rings (SSSR count). The van der Waals surface area contributed by atoms with E-state index in [1.54, 1.807) is 5.57 Å². The van der Waals surface area contributed by atoms with Gasteiger partial charge in [0.2, 0.25) is 0 Å². The maximum absolute atomic E-state index is 10.8. The van der Waals surface area contributed by atoms with Crippen LogP contribution in [0.1, 0.15) is 58.3 Å². The summed E-state index contributed by atoms with van der Waals surface area (Å²) in [5.74, 6) is 5.68. The first kappa shape index (κ1) is 17.3. The van der Waals surface area contributed by atoms with Crippen molar-refractivity contribution in [3.8, 4) is 0 Å². The molecule has 1 N–H and O–H groups in total. The minimum Gasteiger partial charge on any atom is -0.393 e. The molecule has 0 aromatic heterocycles. The Bertz CT molecular complexity index is 605. The zero-order chi connectivity index (χ0) is 17.2. The summed E-state index contributed by atoms with van der Waals surface area (Å²) in [6.45, 7) is 6.93. The minimum atomic E-state index is -0.0851. The normalized spacial score (nSPS) is 48.0. The SMILES string of the molecule is C=C1C[C@]2(CC)[C@@H](O)CC[C@H]2[C@@H]2CCC3=CC4(CCC3[C@@H]12)SCCS4. The smallest absolute Gasteiger partial charge is 0.0794 e. The fraction of sp³-hybridized carbons (Fsp3) is 0.818. The second-order valence-electron chi connectivity index (χ2n) is 9.22. The molecule has 3 saturated carbocycles. The van der Waals surface area contributed by atoms with Crippen LogP contribution in [0.5, 0.6) is 0 Å². The second kappa shape index (κ2) is 6.07. The van der Waals surface area contributed by atoms with Crippen molar-refractivity contribution < 1.29 is 5.11 Å². The lowest BCUT2D eigenvalue weighted by molar-refractivity contribution is -0.0414. The summed E-state index contributed by atoms with van der Waals surface area (Å²) in [7, 11) is 0. The number of rotatable bonds is 1. The van der Waals surface area contributed by atoms with Crippen molar-refractivity contribution in [2.75, 3.05) is 11.5 Å². The number of aliphatic hydroxyl groups excluding tert-OH is 1. The number of allylic oxidation sites excluding steroid dienone is 2. The van der Waals surface area contributed by atoms with Crippen LogP contribution >= 0.6 is 23.5 Å². The van der Waals surface area contributed by atoms with E-state index < -0.39 is 0 Å². The molecule has 0 amide bonds. The largest absolute Gasteiger partial charge is 0.393 e. The van der Waals surface area contributed by atoms with Gasteiger partial charge in [0.15, 0.2) is 0 Å². The lowest BCUT2D eigenvalue weighted by Crippen LogP contribution is -2.50. The van der Waals surface area contributed by atoms with Gasteiger partial charge in [0, 0.05) is 16.9 Å². The molecule has 0 aromatic carbocycles. The first-order chi connectivity index (χ1) is 12.1. The van der Waals surface area contributed by atoms with Crippen molar-refractivity contribution in [1.82, 2.24) is 0 Å². The number of aliphatic hydroxyl groups is 1. The molecule has 4 aliphatic carbocycles. The quantitative estimate of drug-likeness (QED) is 0.597. The van der Waals surface area contributed by atoms with E-state index in [2.05, 4.69) is 43.1 Å². The van der Waals surface area contributed by atoms with Gasteiger partial charge in [0.25, 0.3) is 0 Å². The summed E-state index contributed by atoms with van der Waals surface area (Å²) < 4.78 is 0.422. The Labute approximate surface area is 161 Å². The maximum Gasteiger partial charge on any atom is 0.0794 e. The van der Waals surface area contributed by atoms with Crippen molar-refractivity contribution in [3.63, 3.8) is 0 Å². The van der Waals surface area contributed by atoms with Crippen LogP contribution in [0.25, 0.3) is 0 Å². The summed E-state index contributed by atoms with van der Waals surface area (Å²) in [4.78, 5) is 0. The highest BCUT2D eigenvalue weighted by molar-refractivity contribution is 8.21. The van der Waals surface area contributed by atoms with Crippen LogP contribution in [0.3, 0.4) is 0 Å². The molecule has 6 atom stereocenters. The Hall–Kier alpha value is 0.140. The molecule has 1 aliphatic heterocycles. The van der Waals surface area contributed by atoms with E-state index in [-0.39, 0.29) is 11.5 Å². The van der Waals surface area contributed by atoms with Crippen molar-refractivity contribution in [3.05, 3.63) is 23.8 Å². The first-order valence-corrected chi connectivity index (χ1v) is 12.4. The van der Waals surface area contributed by atoms with E-state index in [0.717, 1.165) is 37.0 Å². The molecule has 4 fully saturated rings. The molecule has 1 heterocycles. The van der Waals surface area contributed by atoms with E-state index in [9.17, 15) is 5.11 Å². The van der Waals surface area contributed by atoms with Crippen molar-refractivity contribution in [1.29, 1.82) is 0 Å². The van der Waals surface area contributed by atoms with Crippen molar-refractivity contribution >= 4 is 23.5 Å². The summed E-state index contributed by atoms with van der Waals surface area (Å²) in [6.07, 6.45) is 12.5. The van der Waals surface area contributed by atoms with E-state index in [1.807, 2.05) is 0 Å². The predicted octanol–water partition coefficient (Wildman–Crippen LogP) is 5.65. The molecule has 25 heavy (non-hydrogen) atoms. The highest BCUT2D eigenvalue weighted by Gasteiger charge is 2.59. The monoisotopic (exact) mass is 376 g/mol. The fourth-order valence-electron chi connectivity index (χ4n) is 7.43. The molecule has 0 aromatic rings. The molecule has 1 nitrogen and oxygen atoms in total. The Morgan fingerprint density at radius 3 is 2.76 bits per heavy atom.